The van der Waals surface area contributed by atoms with Gasteiger partial charge in [0.1, 0.15) is 15.0 Å². The molecule has 0 spiro atoms. The van der Waals surface area contributed by atoms with Gasteiger partial charge in [-0.05, 0) is 42.6 Å². The van der Waals surface area contributed by atoms with Gasteiger partial charge in [-0.25, -0.2) is 8.42 Å². The SMILES string of the molecule is Cc1ccc(S(=O)(=O)Oc2cc(S(=O)(=O)O)cc3cc(S(=O)(=O)[O-])cc(N)c23)cc1.[Na+]. The summed E-state index contributed by atoms with van der Waals surface area (Å²) in [7, 11) is -14.3. The van der Waals surface area contributed by atoms with Crippen LogP contribution in [-0.2, 0) is 30.4 Å². The predicted molar refractivity (Wildman–Crippen MR) is 105 cm³/mol. The monoisotopic (exact) mass is 495 g/mol. The molecule has 160 valence electrons. The van der Waals surface area contributed by atoms with Gasteiger partial charge in [-0.15, -0.1) is 0 Å². The van der Waals surface area contributed by atoms with E-state index < -0.39 is 45.9 Å². The van der Waals surface area contributed by atoms with Crippen LogP contribution in [0, 0.1) is 6.92 Å². The minimum atomic E-state index is -4.96. The van der Waals surface area contributed by atoms with Gasteiger partial charge in [0.25, 0.3) is 10.1 Å². The molecular formula is C17H14NNaO9S3. The molecule has 0 saturated carbocycles. The van der Waals surface area contributed by atoms with E-state index in [9.17, 15) is 34.4 Å². The largest absolute Gasteiger partial charge is 1.00 e. The van der Waals surface area contributed by atoms with E-state index in [1.807, 2.05) is 0 Å². The number of anilines is 1. The van der Waals surface area contributed by atoms with Crippen molar-refractivity contribution in [3.8, 4) is 5.75 Å². The van der Waals surface area contributed by atoms with Gasteiger partial charge >= 0.3 is 39.7 Å². The zero-order valence-corrected chi connectivity index (χ0v) is 20.6. The summed E-state index contributed by atoms with van der Waals surface area (Å²) in [6.45, 7) is 1.74. The summed E-state index contributed by atoms with van der Waals surface area (Å²) in [5, 5.41) is -0.404. The van der Waals surface area contributed by atoms with Crippen molar-refractivity contribution in [1.29, 1.82) is 0 Å². The minimum absolute atomic E-state index is 0. The van der Waals surface area contributed by atoms with Crippen LogP contribution in [0.2, 0.25) is 0 Å². The van der Waals surface area contributed by atoms with Gasteiger partial charge in [-0.3, -0.25) is 4.55 Å². The molecule has 3 aromatic rings. The molecule has 3 N–H and O–H groups in total. The third kappa shape index (κ3) is 5.56. The maximum absolute atomic E-state index is 12.6. The first-order valence-corrected chi connectivity index (χ1v) is 12.3. The summed E-state index contributed by atoms with van der Waals surface area (Å²) >= 11 is 0. The van der Waals surface area contributed by atoms with E-state index >= 15 is 0 Å². The molecule has 3 aromatic carbocycles. The Labute approximate surface area is 200 Å². The second-order valence-corrected chi connectivity index (χ2v) is 10.7. The maximum atomic E-state index is 12.6. The fourth-order valence-electron chi connectivity index (χ4n) is 2.68. The van der Waals surface area contributed by atoms with E-state index in [2.05, 4.69) is 0 Å². The van der Waals surface area contributed by atoms with Crippen LogP contribution in [0.5, 0.6) is 5.75 Å². The molecule has 0 amide bonds. The molecule has 0 heterocycles. The first-order chi connectivity index (χ1) is 13.7. The summed E-state index contributed by atoms with van der Waals surface area (Å²) < 4.78 is 96.9. The third-order valence-electron chi connectivity index (χ3n) is 4.09. The summed E-state index contributed by atoms with van der Waals surface area (Å²) in [6.07, 6.45) is 0. The molecule has 0 aromatic heterocycles. The van der Waals surface area contributed by atoms with Gasteiger partial charge in [0.05, 0.1) is 9.79 Å². The molecule has 0 unspecified atom stereocenters. The molecule has 0 bridgehead atoms. The van der Waals surface area contributed by atoms with Gasteiger partial charge in [0.15, 0.2) is 5.75 Å². The van der Waals surface area contributed by atoms with Crippen LogP contribution in [-0.4, -0.2) is 34.4 Å². The van der Waals surface area contributed by atoms with Gasteiger partial charge < -0.3 is 14.5 Å². The normalized spacial score (nSPS) is 12.4. The molecule has 0 saturated heterocycles. The molecule has 0 aliphatic heterocycles. The van der Waals surface area contributed by atoms with Crippen molar-refractivity contribution >= 4 is 46.8 Å². The Balaban J connectivity index is 0.00000341. The molecule has 0 aliphatic carbocycles. The average molecular weight is 495 g/mol. The number of rotatable bonds is 5. The summed E-state index contributed by atoms with van der Waals surface area (Å²) in [5.41, 5.74) is 6.23. The Hall–Kier alpha value is -1.71. The van der Waals surface area contributed by atoms with Crippen molar-refractivity contribution in [3.63, 3.8) is 0 Å². The first kappa shape index (κ1) is 25.5. The maximum Gasteiger partial charge on any atom is 1.00 e. The van der Waals surface area contributed by atoms with Crippen molar-refractivity contribution in [2.24, 2.45) is 0 Å². The van der Waals surface area contributed by atoms with Crippen molar-refractivity contribution in [3.05, 3.63) is 54.1 Å². The van der Waals surface area contributed by atoms with Crippen LogP contribution in [0.4, 0.5) is 5.69 Å². The average Bonchev–Trinajstić information content (AvgIpc) is 2.59. The number of nitrogens with two attached hydrogens (primary N) is 1. The van der Waals surface area contributed by atoms with E-state index in [0.29, 0.717) is 0 Å². The second-order valence-electron chi connectivity index (χ2n) is 6.31. The van der Waals surface area contributed by atoms with Gasteiger partial charge in [0.2, 0.25) is 0 Å². The number of aryl methyl sites for hydroxylation is 1. The van der Waals surface area contributed by atoms with Crippen molar-refractivity contribution in [1.82, 2.24) is 0 Å². The Morgan fingerprint density at radius 3 is 1.94 bits per heavy atom. The fourth-order valence-corrected chi connectivity index (χ4v) is 4.69. The molecule has 14 heteroatoms. The summed E-state index contributed by atoms with van der Waals surface area (Å²) in [4.78, 5) is -1.80. The topological polar surface area (TPSA) is 181 Å². The number of fused-ring (bicyclic) bond motifs is 1. The summed E-state index contributed by atoms with van der Waals surface area (Å²) in [5.74, 6) is -0.576. The van der Waals surface area contributed by atoms with Gasteiger partial charge in [-0.1, -0.05) is 17.7 Å². The van der Waals surface area contributed by atoms with Crippen LogP contribution in [0.1, 0.15) is 5.56 Å². The standard InChI is InChI=1S/C17H15NO9S3.Na/c1-10-2-4-12(5-3-10)30(25,26)27-16-9-14(29(22,23)24)7-11-6-13(28(19,20)21)8-15(18)17(11)16;/h2-9H,18H2,1H3,(H,19,20,21)(H,22,23,24);/q;+1/p-1. The van der Waals surface area contributed by atoms with E-state index in [1.165, 1.54) is 24.3 Å². The predicted octanol–water partition coefficient (Wildman–Crippen LogP) is -1.35. The second kappa shape index (κ2) is 8.67. The molecule has 31 heavy (non-hydrogen) atoms. The molecule has 0 atom stereocenters. The Bertz CT molecular complexity index is 1480. The zero-order valence-electron chi connectivity index (χ0n) is 16.1. The minimum Gasteiger partial charge on any atom is -0.744 e. The van der Waals surface area contributed by atoms with Gasteiger partial charge in [-0.2, -0.15) is 16.8 Å². The van der Waals surface area contributed by atoms with Crippen LogP contribution in [0.15, 0.2) is 63.2 Å². The van der Waals surface area contributed by atoms with Crippen LogP contribution in [0.3, 0.4) is 0 Å². The van der Waals surface area contributed by atoms with Crippen molar-refractivity contribution in [2.75, 3.05) is 5.73 Å². The summed E-state index contributed by atoms with van der Waals surface area (Å²) in [6, 6.07) is 8.73. The Kier molecular flexibility index (Phi) is 7.15. The Morgan fingerprint density at radius 2 is 1.42 bits per heavy atom. The number of hydrogen-bond donors (Lipinski definition) is 2. The van der Waals surface area contributed by atoms with Gasteiger partial charge in [0, 0.05) is 17.1 Å². The fraction of sp³-hybridized carbons (Fsp3) is 0.0588. The van der Waals surface area contributed by atoms with E-state index in [-0.39, 0.29) is 50.9 Å². The third-order valence-corrected chi connectivity index (χ3v) is 6.98. The molecule has 0 fully saturated rings. The van der Waals surface area contributed by atoms with E-state index in [0.717, 1.165) is 29.8 Å². The molecule has 0 aliphatic rings. The van der Waals surface area contributed by atoms with E-state index in [1.54, 1.807) is 6.92 Å². The number of nitrogen functional groups attached to an aromatic ring is 1. The Morgan fingerprint density at radius 1 is 0.871 bits per heavy atom. The molecule has 0 radical (unpaired) electrons. The smallest absolute Gasteiger partial charge is 0.744 e. The molecule has 3 rings (SSSR count). The van der Waals surface area contributed by atoms with Crippen LogP contribution in [0.25, 0.3) is 10.8 Å². The quantitative estimate of drug-likeness (QED) is 0.186. The number of benzene rings is 3. The van der Waals surface area contributed by atoms with Crippen molar-refractivity contribution < 1.29 is 68.1 Å². The molecular weight excluding hydrogens is 481 g/mol. The molecule has 10 nitrogen and oxygen atoms in total. The number of hydrogen-bond acceptors (Lipinski definition) is 9. The van der Waals surface area contributed by atoms with Crippen molar-refractivity contribution in [2.45, 2.75) is 21.6 Å². The van der Waals surface area contributed by atoms with Crippen LogP contribution < -0.4 is 39.5 Å². The zero-order chi connectivity index (χ0) is 22.5. The van der Waals surface area contributed by atoms with Crippen LogP contribution >= 0.6 is 0 Å². The van der Waals surface area contributed by atoms with E-state index in [4.69, 9.17) is 9.92 Å². The first-order valence-electron chi connectivity index (χ1n) is 8.00.